The number of hydrogen-bond donors (Lipinski definition) is 0. The van der Waals surface area contributed by atoms with Gasteiger partial charge in [0.15, 0.2) is 0 Å². The van der Waals surface area contributed by atoms with E-state index in [4.69, 9.17) is 0 Å². The Morgan fingerprint density at radius 3 is 2.54 bits per heavy atom. The highest BCUT2D eigenvalue weighted by Gasteiger charge is 2.30. The molecule has 5 rings (SSSR count). The average Bonchev–Trinajstić information content (AvgIpc) is 3.50. The predicted octanol–water partition coefficient (Wildman–Crippen LogP) is 5.26. The van der Waals surface area contributed by atoms with Gasteiger partial charge in [-0.25, -0.2) is 0 Å². The van der Waals surface area contributed by atoms with Crippen molar-refractivity contribution in [1.29, 1.82) is 0 Å². The number of pyridine rings is 1. The summed E-state index contributed by atoms with van der Waals surface area (Å²) in [6.45, 7) is 1.58. The van der Waals surface area contributed by atoms with Gasteiger partial charge in [-0.1, -0.05) is 42.5 Å². The van der Waals surface area contributed by atoms with E-state index in [-0.39, 0.29) is 5.91 Å². The standard InChI is InChI=1S/C25H24N2O/c28-25(27-14-12-22(17-27)21-7-4-13-26-16-21)20-10-11-23(19-8-9-19)24(15-20)18-5-2-1-3-6-18/h1-7,10-11,13,15-16,19,22H,8-9,12,14,17H2. The molecule has 0 bridgehead atoms. The number of rotatable bonds is 4. The summed E-state index contributed by atoms with van der Waals surface area (Å²) in [6.07, 6.45) is 7.24. The Bertz CT molecular complexity index is 980. The fourth-order valence-electron chi connectivity index (χ4n) is 4.32. The summed E-state index contributed by atoms with van der Waals surface area (Å²) < 4.78 is 0. The molecule has 0 radical (unpaired) electrons. The van der Waals surface area contributed by atoms with Crippen molar-refractivity contribution in [2.24, 2.45) is 0 Å². The van der Waals surface area contributed by atoms with Crippen LogP contribution in [0.15, 0.2) is 73.1 Å². The van der Waals surface area contributed by atoms with Crippen LogP contribution >= 0.6 is 0 Å². The molecule has 2 heterocycles. The summed E-state index contributed by atoms with van der Waals surface area (Å²) in [7, 11) is 0. The van der Waals surface area contributed by atoms with Gasteiger partial charge < -0.3 is 4.90 Å². The van der Waals surface area contributed by atoms with Gasteiger partial charge in [-0.05, 0) is 65.6 Å². The van der Waals surface area contributed by atoms with Crippen molar-refractivity contribution in [3.8, 4) is 11.1 Å². The maximum atomic E-state index is 13.2. The molecule has 2 aliphatic rings. The van der Waals surface area contributed by atoms with E-state index in [1.165, 1.54) is 35.1 Å². The van der Waals surface area contributed by atoms with Crippen molar-refractivity contribution in [2.75, 3.05) is 13.1 Å². The van der Waals surface area contributed by atoms with E-state index in [0.29, 0.717) is 11.8 Å². The molecule has 2 aromatic carbocycles. The van der Waals surface area contributed by atoms with Crippen LogP contribution < -0.4 is 0 Å². The molecular weight excluding hydrogens is 344 g/mol. The lowest BCUT2D eigenvalue weighted by molar-refractivity contribution is 0.0791. The number of carbonyl (C=O) groups is 1. The summed E-state index contributed by atoms with van der Waals surface area (Å²) >= 11 is 0. The van der Waals surface area contributed by atoms with E-state index < -0.39 is 0 Å². The van der Waals surface area contributed by atoms with Gasteiger partial charge in [0, 0.05) is 37.0 Å². The number of carbonyl (C=O) groups excluding carboxylic acids is 1. The lowest BCUT2D eigenvalue weighted by atomic mass is 9.94. The van der Waals surface area contributed by atoms with Crippen LogP contribution in [0.2, 0.25) is 0 Å². The molecule has 1 saturated heterocycles. The molecule has 140 valence electrons. The van der Waals surface area contributed by atoms with Crippen LogP contribution in [0.25, 0.3) is 11.1 Å². The zero-order chi connectivity index (χ0) is 18.9. The topological polar surface area (TPSA) is 33.2 Å². The van der Waals surface area contributed by atoms with E-state index >= 15 is 0 Å². The maximum absolute atomic E-state index is 13.2. The minimum absolute atomic E-state index is 0.144. The Hall–Kier alpha value is -2.94. The fourth-order valence-corrected chi connectivity index (χ4v) is 4.32. The second kappa shape index (κ2) is 7.23. The average molecular weight is 368 g/mol. The van der Waals surface area contributed by atoms with E-state index in [1.807, 2.05) is 29.3 Å². The van der Waals surface area contributed by atoms with Crippen LogP contribution in [0.1, 0.15) is 52.6 Å². The van der Waals surface area contributed by atoms with Gasteiger partial charge in [-0.2, -0.15) is 0 Å². The normalized spacial score (nSPS) is 19.0. The first kappa shape index (κ1) is 17.2. The summed E-state index contributed by atoms with van der Waals surface area (Å²) in [6, 6.07) is 20.9. The van der Waals surface area contributed by atoms with Gasteiger partial charge in [0.05, 0.1) is 0 Å². The van der Waals surface area contributed by atoms with Crippen molar-refractivity contribution in [2.45, 2.75) is 31.1 Å². The summed E-state index contributed by atoms with van der Waals surface area (Å²) in [5.74, 6) is 1.18. The number of nitrogens with zero attached hydrogens (tertiary/aromatic N) is 2. The molecule has 1 atom stereocenters. The molecule has 28 heavy (non-hydrogen) atoms. The monoisotopic (exact) mass is 368 g/mol. The molecule has 2 fully saturated rings. The quantitative estimate of drug-likeness (QED) is 0.630. The zero-order valence-electron chi connectivity index (χ0n) is 15.9. The smallest absolute Gasteiger partial charge is 0.253 e. The van der Waals surface area contributed by atoms with Crippen LogP contribution in [0.5, 0.6) is 0 Å². The number of aromatic nitrogens is 1. The van der Waals surface area contributed by atoms with Gasteiger partial charge in [-0.3, -0.25) is 9.78 Å². The molecule has 1 unspecified atom stereocenters. The lowest BCUT2D eigenvalue weighted by Gasteiger charge is -2.18. The highest BCUT2D eigenvalue weighted by molar-refractivity contribution is 5.96. The maximum Gasteiger partial charge on any atom is 0.253 e. The zero-order valence-corrected chi connectivity index (χ0v) is 15.9. The van der Waals surface area contributed by atoms with Crippen molar-refractivity contribution in [1.82, 2.24) is 9.88 Å². The second-order valence-electron chi connectivity index (χ2n) is 7.97. The number of hydrogen-bond acceptors (Lipinski definition) is 2. The highest BCUT2D eigenvalue weighted by Crippen LogP contribution is 2.44. The van der Waals surface area contributed by atoms with Crippen LogP contribution in [0.3, 0.4) is 0 Å². The molecule has 1 amide bonds. The third-order valence-corrected chi connectivity index (χ3v) is 6.03. The van der Waals surface area contributed by atoms with Crippen molar-refractivity contribution < 1.29 is 4.79 Å². The molecule has 1 aliphatic heterocycles. The van der Waals surface area contributed by atoms with Crippen molar-refractivity contribution >= 4 is 5.91 Å². The minimum Gasteiger partial charge on any atom is -0.338 e. The number of likely N-dealkylation sites (tertiary alicyclic amines) is 1. The Morgan fingerprint density at radius 2 is 1.79 bits per heavy atom. The van der Waals surface area contributed by atoms with Gasteiger partial charge in [0.25, 0.3) is 5.91 Å². The van der Waals surface area contributed by atoms with Gasteiger partial charge in [0.2, 0.25) is 0 Å². The Labute approximate surface area is 166 Å². The predicted molar refractivity (Wildman–Crippen MR) is 111 cm³/mol. The third-order valence-electron chi connectivity index (χ3n) is 6.03. The van der Waals surface area contributed by atoms with E-state index in [9.17, 15) is 4.79 Å². The molecular formula is C25H24N2O. The first-order valence-corrected chi connectivity index (χ1v) is 10.2. The lowest BCUT2D eigenvalue weighted by Crippen LogP contribution is -2.28. The Kier molecular flexibility index (Phi) is 4.44. The minimum atomic E-state index is 0.144. The first-order valence-electron chi connectivity index (χ1n) is 10.2. The highest BCUT2D eigenvalue weighted by atomic mass is 16.2. The Morgan fingerprint density at radius 1 is 0.929 bits per heavy atom. The first-order chi connectivity index (χ1) is 13.8. The number of benzene rings is 2. The van der Waals surface area contributed by atoms with Crippen LogP contribution in [-0.2, 0) is 0 Å². The Balaban J connectivity index is 1.41. The second-order valence-corrected chi connectivity index (χ2v) is 7.97. The molecule has 3 heteroatoms. The van der Waals surface area contributed by atoms with E-state index in [2.05, 4.69) is 47.4 Å². The third kappa shape index (κ3) is 3.33. The van der Waals surface area contributed by atoms with Crippen LogP contribution in [0.4, 0.5) is 0 Å². The van der Waals surface area contributed by atoms with Gasteiger partial charge in [-0.15, -0.1) is 0 Å². The largest absolute Gasteiger partial charge is 0.338 e. The van der Waals surface area contributed by atoms with Crippen molar-refractivity contribution in [3.63, 3.8) is 0 Å². The molecule has 3 aromatic rings. The summed E-state index contributed by atoms with van der Waals surface area (Å²) in [4.78, 5) is 19.4. The molecule has 1 saturated carbocycles. The van der Waals surface area contributed by atoms with Crippen LogP contribution in [0, 0.1) is 0 Å². The van der Waals surface area contributed by atoms with Crippen molar-refractivity contribution in [3.05, 3.63) is 89.7 Å². The SMILES string of the molecule is O=C(c1ccc(C2CC2)c(-c2ccccc2)c1)N1CCC(c2cccnc2)C1. The van der Waals surface area contributed by atoms with Gasteiger partial charge >= 0.3 is 0 Å². The summed E-state index contributed by atoms with van der Waals surface area (Å²) in [5, 5.41) is 0. The molecule has 3 nitrogen and oxygen atoms in total. The number of amides is 1. The van der Waals surface area contributed by atoms with E-state index in [0.717, 1.165) is 25.1 Å². The fraction of sp³-hybridized carbons (Fsp3) is 0.280. The molecule has 0 N–H and O–H groups in total. The van der Waals surface area contributed by atoms with Crippen LogP contribution in [-0.4, -0.2) is 28.9 Å². The molecule has 1 aromatic heterocycles. The molecule has 1 aliphatic carbocycles. The van der Waals surface area contributed by atoms with E-state index in [1.54, 1.807) is 6.20 Å². The summed E-state index contributed by atoms with van der Waals surface area (Å²) in [5.41, 5.74) is 5.84. The molecule has 0 spiro atoms. The van der Waals surface area contributed by atoms with Gasteiger partial charge in [0.1, 0.15) is 0 Å².